The van der Waals surface area contributed by atoms with E-state index in [-0.39, 0.29) is 18.4 Å². The van der Waals surface area contributed by atoms with Crippen LogP contribution >= 0.6 is 0 Å². The van der Waals surface area contributed by atoms with Crippen LogP contribution in [0.3, 0.4) is 0 Å². The molecule has 0 saturated carbocycles. The Morgan fingerprint density at radius 1 is 1.27 bits per heavy atom. The summed E-state index contributed by atoms with van der Waals surface area (Å²) in [5.41, 5.74) is 2.04. The van der Waals surface area contributed by atoms with E-state index >= 15 is 0 Å². The third kappa shape index (κ3) is 2.74. The summed E-state index contributed by atoms with van der Waals surface area (Å²) >= 11 is 0. The van der Waals surface area contributed by atoms with E-state index in [1.54, 1.807) is 31.5 Å². The molecule has 26 heavy (non-hydrogen) atoms. The Morgan fingerprint density at radius 3 is 2.85 bits per heavy atom. The van der Waals surface area contributed by atoms with Crippen molar-refractivity contribution in [2.24, 2.45) is 0 Å². The lowest BCUT2D eigenvalue weighted by molar-refractivity contribution is 0.0155. The van der Waals surface area contributed by atoms with Gasteiger partial charge in [-0.05, 0) is 23.8 Å². The van der Waals surface area contributed by atoms with Gasteiger partial charge < -0.3 is 19.2 Å². The molecule has 2 aromatic carbocycles. The number of rotatable bonds is 5. The third-order valence-electron chi connectivity index (χ3n) is 4.65. The molecular formula is C20H18N2O4. The molecule has 1 amide bonds. The molecule has 4 rings (SSSR count). The standard InChI is InChI=1S/C20H18N2O4/c1-25-14-6-4-5-13(11-14)17(18-21-9-10-26-18)12-22-19(23)15-7-2-3-8-16(15)20(22)24/h2-11,17,19,23H,12H2,1H3. The molecule has 132 valence electrons. The highest BCUT2D eigenvalue weighted by Gasteiger charge is 2.37. The summed E-state index contributed by atoms with van der Waals surface area (Å²) in [6.07, 6.45) is 2.08. The average Bonchev–Trinajstić information content (AvgIpc) is 3.29. The van der Waals surface area contributed by atoms with Crippen molar-refractivity contribution in [3.8, 4) is 5.75 Å². The first-order chi connectivity index (χ1) is 12.7. The van der Waals surface area contributed by atoms with Crippen molar-refractivity contribution in [3.05, 3.63) is 83.6 Å². The number of nitrogens with zero attached hydrogens (tertiary/aromatic N) is 2. The van der Waals surface area contributed by atoms with Crippen LogP contribution < -0.4 is 4.74 Å². The maximum Gasteiger partial charge on any atom is 0.256 e. The van der Waals surface area contributed by atoms with Gasteiger partial charge in [0.05, 0.1) is 19.2 Å². The highest BCUT2D eigenvalue weighted by molar-refractivity contribution is 5.98. The summed E-state index contributed by atoms with van der Waals surface area (Å²) in [6.45, 7) is 0.238. The smallest absolute Gasteiger partial charge is 0.256 e. The largest absolute Gasteiger partial charge is 0.497 e. The van der Waals surface area contributed by atoms with Crippen molar-refractivity contribution in [3.63, 3.8) is 0 Å². The lowest BCUT2D eigenvalue weighted by atomic mass is 9.98. The third-order valence-corrected chi connectivity index (χ3v) is 4.65. The van der Waals surface area contributed by atoms with Crippen LogP contribution in [-0.2, 0) is 0 Å². The quantitative estimate of drug-likeness (QED) is 0.766. The number of oxazole rings is 1. The van der Waals surface area contributed by atoms with Gasteiger partial charge in [-0.3, -0.25) is 4.79 Å². The number of fused-ring (bicyclic) bond motifs is 1. The van der Waals surface area contributed by atoms with Gasteiger partial charge in [-0.15, -0.1) is 0 Å². The Kier molecular flexibility index (Phi) is 4.18. The number of benzene rings is 2. The molecule has 0 aliphatic carbocycles. The predicted octanol–water partition coefficient (Wildman–Crippen LogP) is 2.96. The van der Waals surface area contributed by atoms with Crippen LogP contribution in [0.25, 0.3) is 0 Å². The Morgan fingerprint density at radius 2 is 2.12 bits per heavy atom. The number of aliphatic hydroxyl groups excluding tert-OH is 1. The van der Waals surface area contributed by atoms with E-state index < -0.39 is 6.23 Å². The lowest BCUT2D eigenvalue weighted by Crippen LogP contribution is -2.32. The van der Waals surface area contributed by atoms with Gasteiger partial charge in [0.25, 0.3) is 5.91 Å². The van der Waals surface area contributed by atoms with E-state index in [1.165, 1.54) is 11.2 Å². The number of amides is 1. The minimum Gasteiger partial charge on any atom is -0.497 e. The van der Waals surface area contributed by atoms with Gasteiger partial charge in [0.2, 0.25) is 5.89 Å². The van der Waals surface area contributed by atoms with Crippen molar-refractivity contribution in [1.29, 1.82) is 0 Å². The summed E-state index contributed by atoms with van der Waals surface area (Å²) < 4.78 is 10.8. The fourth-order valence-electron chi connectivity index (χ4n) is 3.32. The maximum absolute atomic E-state index is 12.8. The second-order valence-corrected chi connectivity index (χ2v) is 6.12. The van der Waals surface area contributed by atoms with Crippen molar-refractivity contribution in [2.75, 3.05) is 13.7 Å². The SMILES string of the molecule is COc1cccc(C(CN2C(=O)c3ccccc3C2O)c2ncco2)c1. The van der Waals surface area contributed by atoms with Crippen molar-refractivity contribution in [2.45, 2.75) is 12.1 Å². The van der Waals surface area contributed by atoms with Gasteiger partial charge >= 0.3 is 0 Å². The van der Waals surface area contributed by atoms with Gasteiger partial charge in [-0.2, -0.15) is 0 Å². The summed E-state index contributed by atoms with van der Waals surface area (Å²) in [7, 11) is 1.60. The molecule has 0 bridgehead atoms. The van der Waals surface area contributed by atoms with Crippen LogP contribution in [0.1, 0.15) is 39.5 Å². The van der Waals surface area contributed by atoms with Crippen LogP contribution in [0.15, 0.2) is 65.4 Å². The first-order valence-electron chi connectivity index (χ1n) is 8.30. The molecule has 2 heterocycles. The number of carbonyl (C=O) groups excluding carboxylic acids is 1. The van der Waals surface area contributed by atoms with Crippen molar-refractivity contribution in [1.82, 2.24) is 9.88 Å². The van der Waals surface area contributed by atoms with Crippen LogP contribution in [0.5, 0.6) is 5.75 Å². The average molecular weight is 350 g/mol. The summed E-state index contributed by atoms with van der Waals surface area (Å²) in [6, 6.07) is 14.6. The molecular weight excluding hydrogens is 332 g/mol. The van der Waals surface area contributed by atoms with Gasteiger partial charge in [0.15, 0.2) is 6.23 Å². The first-order valence-corrected chi connectivity index (χ1v) is 8.30. The number of ether oxygens (including phenoxy) is 1. The molecule has 2 unspecified atom stereocenters. The van der Waals surface area contributed by atoms with E-state index in [1.807, 2.05) is 30.3 Å². The second-order valence-electron chi connectivity index (χ2n) is 6.12. The maximum atomic E-state index is 12.8. The van der Waals surface area contributed by atoms with Crippen molar-refractivity contribution >= 4 is 5.91 Å². The molecule has 1 aromatic heterocycles. The molecule has 2 atom stereocenters. The zero-order valence-electron chi connectivity index (χ0n) is 14.2. The molecule has 0 spiro atoms. The zero-order valence-corrected chi connectivity index (χ0v) is 14.2. The van der Waals surface area contributed by atoms with Gasteiger partial charge in [0.1, 0.15) is 12.0 Å². The van der Waals surface area contributed by atoms with Crippen LogP contribution in [-0.4, -0.2) is 34.6 Å². The molecule has 0 radical (unpaired) electrons. The fraction of sp³-hybridized carbons (Fsp3) is 0.200. The minimum absolute atomic E-state index is 0.201. The van der Waals surface area contributed by atoms with Crippen LogP contribution in [0, 0.1) is 0 Å². The van der Waals surface area contributed by atoms with Crippen LogP contribution in [0.2, 0.25) is 0 Å². The highest BCUT2D eigenvalue weighted by Crippen LogP contribution is 2.35. The van der Waals surface area contributed by atoms with E-state index in [0.29, 0.717) is 22.8 Å². The summed E-state index contributed by atoms with van der Waals surface area (Å²) in [5.74, 6) is 0.658. The molecule has 0 saturated heterocycles. The Hall–Kier alpha value is -3.12. The highest BCUT2D eigenvalue weighted by atomic mass is 16.5. The number of carbonyl (C=O) groups is 1. The topological polar surface area (TPSA) is 75.8 Å². The van der Waals surface area contributed by atoms with E-state index in [9.17, 15) is 9.90 Å². The minimum atomic E-state index is -0.984. The number of aliphatic hydroxyl groups is 1. The number of hydrogen-bond acceptors (Lipinski definition) is 5. The number of hydrogen-bond donors (Lipinski definition) is 1. The Bertz CT molecular complexity index is 923. The molecule has 3 aromatic rings. The summed E-state index contributed by atoms with van der Waals surface area (Å²) in [4.78, 5) is 18.5. The predicted molar refractivity (Wildman–Crippen MR) is 93.8 cm³/mol. The first kappa shape index (κ1) is 16.4. The van der Waals surface area contributed by atoms with Gasteiger partial charge in [-0.25, -0.2) is 4.98 Å². The lowest BCUT2D eigenvalue weighted by Gasteiger charge is -2.25. The van der Waals surface area contributed by atoms with Crippen molar-refractivity contribution < 1.29 is 19.1 Å². The molecule has 1 N–H and O–H groups in total. The molecule has 1 aliphatic rings. The molecule has 6 nitrogen and oxygen atoms in total. The van der Waals surface area contributed by atoms with Gasteiger partial charge in [0, 0.05) is 17.7 Å². The van der Waals surface area contributed by atoms with Gasteiger partial charge in [-0.1, -0.05) is 30.3 Å². The number of aromatic nitrogens is 1. The fourth-order valence-corrected chi connectivity index (χ4v) is 3.32. The number of methoxy groups -OCH3 is 1. The monoisotopic (exact) mass is 350 g/mol. The molecule has 1 aliphatic heterocycles. The Balaban J connectivity index is 1.69. The van der Waals surface area contributed by atoms with E-state index in [4.69, 9.17) is 9.15 Å². The normalized spacial score (nSPS) is 17.2. The molecule has 0 fully saturated rings. The summed E-state index contributed by atoms with van der Waals surface area (Å²) in [5, 5.41) is 10.6. The zero-order chi connectivity index (χ0) is 18.1. The van der Waals surface area contributed by atoms with E-state index in [2.05, 4.69) is 4.98 Å². The second kappa shape index (κ2) is 6.65. The molecule has 6 heteroatoms. The van der Waals surface area contributed by atoms with E-state index in [0.717, 1.165) is 5.56 Å². The Labute approximate surface area is 150 Å². The van der Waals surface area contributed by atoms with Crippen LogP contribution in [0.4, 0.5) is 0 Å².